The van der Waals surface area contributed by atoms with Gasteiger partial charge < -0.3 is 4.90 Å². The van der Waals surface area contributed by atoms with Gasteiger partial charge in [0.2, 0.25) is 5.91 Å². The largest absolute Gasteiger partial charge is 0.312 e. The average molecular weight is 344 g/mol. The predicted octanol–water partition coefficient (Wildman–Crippen LogP) is 3.23. The van der Waals surface area contributed by atoms with E-state index in [9.17, 15) is 13.2 Å². The normalized spacial score (nSPS) is 14.9. The molecule has 1 saturated heterocycles. The van der Waals surface area contributed by atoms with Crippen LogP contribution in [0.25, 0.3) is 0 Å². The molecule has 1 N–H and O–H groups in total. The van der Waals surface area contributed by atoms with Crippen LogP contribution in [0, 0.1) is 13.8 Å². The molecule has 2 aromatic carbocycles. The van der Waals surface area contributed by atoms with Crippen LogP contribution in [0.15, 0.2) is 47.4 Å². The number of benzene rings is 2. The number of carbonyl (C=O) groups excluding carboxylic acids is 1. The molecule has 2 aromatic rings. The molecule has 24 heavy (non-hydrogen) atoms. The summed E-state index contributed by atoms with van der Waals surface area (Å²) in [6.45, 7) is 4.45. The summed E-state index contributed by atoms with van der Waals surface area (Å²) in [5.74, 6) is 0.117. The molecule has 0 saturated carbocycles. The maximum absolute atomic E-state index is 12.5. The van der Waals surface area contributed by atoms with Gasteiger partial charge in [-0.3, -0.25) is 9.52 Å². The third-order valence-electron chi connectivity index (χ3n) is 4.11. The van der Waals surface area contributed by atoms with Crippen molar-refractivity contribution in [3.05, 3.63) is 53.6 Å². The van der Waals surface area contributed by atoms with Crippen LogP contribution in [0.5, 0.6) is 0 Å². The lowest BCUT2D eigenvalue weighted by Gasteiger charge is -2.19. The lowest BCUT2D eigenvalue weighted by molar-refractivity contribution is -0.117. The predicted molar refractivity (Wildman–Crippen MR) is 94.8 cm³/mol. The fraction of sp³-hybridized carbons (Fsp3) is 0.278. The molecule has 0 aliphatic carbocycles. The van der Waals surface area contributed by atoms with Crippen molar-refractivity contribution in [3.63, 3.8) is 0 Å². The zero-order valence-corrected chi connectivity index (χ0v) is 14.6. The van der Waals surface area contributed by atoms with Gasteiger partial charge in [-0.05, 0) is 61.7 Å². The Kier molecular flexibility index (Phi) is 4.32. The number of sulfonamides is 1. The van der Waals surface area contributed by atoms with Crippen LogP contribution in [0.3, 0.4) is 0 Å². The molecule has 0 aromatic heterocycles. The molecule has 3 rings (SSSR count). The molecule has 126 valence electrons. The number of hydrogen-bond donors (Lipinski definition) is 1. The summed E-state index contributed by atoms with van der Waals surface area (Å²) < 4.78 is 27.6. The van der Waals surface area contributed by atoms with Gasteiger partial charge in [-0.2, -0.15) is 0 Å². The molecule has 6 heteroatoms. The van der Waals surface area contributed by atoms with Crippen molar-refractivity contribution in [2.24, 2.45) is 0 Å². The highest BCUT2D eigenvalue weighted by molar-refractivity contribution is 7.92. The van der Waals surface area contributed by atoms with E-state index in [0.29, 0.717) is 18.7 Å². The maximum atomic E-state index is 12.5. The summed E-state index contributed by atoms with van der Waals surface area (Å²) in [5.41, 5.74) is 3.09. The van der Waals surface area contributed by atoms with E-state index in [1.807, 2.05) is 19.9 Å². The van der Waals surface area contributed by atoms with E-state index < -0.39 is 10.0 Å². The molecule has 0 radical (unpaired) electrons. The summed E-state index contributed by atoms with van der Waals surface area (Å²) in [6.07, 6.45) is 1.43. The third kappa shape index (κ3) is 3.28. The van der Waals surface area contributed by atoms with Gasteiger partial charge in [0, 0.05) is 24.3 Å². The first-order chi connectivity index (χ1) is 11.4. The second kappa shape index (κ2) is 6.28. The standard InChI is InChI=1S/C18H20N2O3S/c1-13-5-3-6-16(11-13)24(22,23)19-15-8-9-17(14(2)12-15)20-10-4-7-18(20)21/h3,5-6,8-9,11-12,19H,4,7,10H2,1-2H3. The second-order valence-corrected chi connectivity index (χ2v) is 7.75. The van der Waals surface area contributed by atoms with Crippen molar-refractivity contribution in [2.75, 3.05) is 16.2 Å². The number of aryl methyl sites for hydroxylation is 2. The number of amides is 1. The van der Waals surface area contributed by atoms with Gasteiger partial charge in [0.25, 0.3) is 10.0 Å². The third-order valence-corrected chi connectivity index (χ3v) is 5.49. The molecule has 0 bridgehead atoms. The fourth-order valence-corrected chi connectivity index (χ4v) is 4.08. The first-order valence-corrected chi connectivity index (χ1v) is 9.36. The Hall–Kier alpha value is -2.34. The molecule has 1 heterocycles. The van der Waals surface area contributed by atoms with Crippen molar-refractivity contribution < 1.29 is 13.2 Å². The molecule has 0 spiro atoms. The molecular weight excluding hydrogens is 324 g/mol. The molecule has 0 atom stereocenters. The number of nitrogens with one attached hydrogen (secondary N) is 1. The highest BCUT2D eigenvalue weighted by Gasteiger charge is 2.23. The van der Waals surface area contributed by atoms with Crippen LogP contribution < -0.4 is 9.62 Å². The van der Waals surface area contributed by atoms with Gasteiger partial charge in [-0.15, -0.1) is 0 Å². The van der Waals surface area contributed by atoms with Gasteiger partial charge in [0.05, 0.1) is 4.90 Å². The summed E-state index contributed by atoms with van der Waals surface area (Å²) in [6, 6.07) is 12.0. The highest BCUT2D eigenvalue weighted by atomic mass is 32.2. The number of nitrogens with zero attached hydrogens (tertiary/aromatic N) is 1. The minimum atomic E-state index is -3.63. The Morgan fingerprint density at radius 3 is 2.50 bits per heavy atom. The smallest absolute Gasteiger partial charge is 0.261 e. The Bertz CT molecular complexity index is 891. The first kappa shape index (κ1) is 16.5. The van der Waals surface area contributed by atoms with E-state index >= 15 is 0 Å². The molecule has 1 amide bonds. The van der Waals surface area contributed by atoms with Gasteiger partial charge in [-0.1, -0.05) is 12.1 Å². The van der Waals surface area contributed by atoms with Crippen molar-refractivity contribution >= 4 is 27.3 Å². The summed E-state index contributed by atoms with van der Waals surface area (Å²) in [7, 11) is -3.63. The van der Waals surface area contributed by atoms with Gasteiger partial charge in [-0.25, -0.2) is 8.42 Å². The van der Waals surface area contributed by atoms with Crippen LogP contribution in [0.2, 0.25) is 0 Å². The number of hydrogen-bond acceptors (Lipinski definition) is 3. The number of rotatable bonds is 4. The van der Waals surface area contributed by atoms with Crippen molar-refractivity contribution in [1.82, 2.24) is 0 Å². The lowest BCUT2D eigenvalue weighted by atomic mass is 10.1. The van der Waals surface area contributed by atoms with E-state index in [4.69, 9.17) is 0 Å². The van der Waals surface area contributed by atoms with Gasteiger partial charge >= 0.3 is 0 Å². The second-order valence-electron chi connectivity index (χ2n) is 6.07. The van der Waals surface area contributed by atoms with Crippen LogP contribution >= 0.6 is 0 Å². The van der Waals surface area contributed by atoms with Crippen LogP contribution in [-0.4, -0.2) is 20.9 Å². The molecule has 0 unspecified atom stereocenters. The summed E-state index contributed by atoms with van der Waals surface area (Å²) in [5, 5.41) is 0. The summed E-state index contributed by atoms with van der Waals surface area (Å²) in [4.78, 5) is 13.9. The number of anilines is 2. The van der Waals surface area contributed by atoms with Crippen molar-refractivity contribution in [1.29, 1.82) is 0 Å². The molecule has 1 aliphatic rings. The zero-order valence-electron chi connectivity index (χ0n) is 13.7. The molecule has 1 fully saturated rings. The van der Waals surface area contributed by atoms with E-state index in [0.717, 1.165) is 23.2 Å². The van der Waals surface area contributed by atoms with E-state index in [-0.39, 0.29) is 10.8 Å². The Balaban J connectivity index is 1.86. The molecule has 5 nitrogen and oxygen atoms in total. The average Bonchev–Trinajstić information content (AvgIpc) is 2.93. The van der Waals surface area contributed by atoms with Crippen LogP contribution in [-0.2, 0) is 14.8 Å². The first-order valence-electron chi connectivity index (χ1n) is 7.87. The Morgan fingerprint density at radius 2 is 1.88 bits per heavy atom. The quantitative estimate of drug-likeness (QED) is 0.926. The van der Waals surface area contributed by atoms with E-state index in [1.54, 1.807) is 41.3 Å². The van der Waals surface area contributed by atoms with Crippen molar-refractivity contribution in [2.45, 2.75) is 31.6 Å². The SMILES string of the molecule is Cc1cccc(S(=O)(=O)Nc2ccc(N3CCCC3=O)c(C)c2)c1. The Labute approximate surface area is 142 Å². The van der Waals surface area contributed by atoms with Crippen LogP contribution in [0.1, 0.15) is 24.0 Å². The molecule has 1 aliphatic heterocycles. The zero-order chi connectivity index (χ0) is 17.3. The van der Waals surface area contributed by atoms with E-state index in [1.165, 1.54) is 0 Å². The lowest BCUT2D eigenvalue weighted by Crippen LogP contribution is -2.24. The Morgan fingerprint density at radius 1 is 1.08 bits per heavy atom. The van der Waals surface area contributed by atoms with Gasteiger partial charge in [0.15, 0.2) is 0 Å². The van der Waals surface area contributed by atoms with Gasteiger partial charge in [0.1, 0.15) is 0 Å². The van der Waals surface area contributed by atoms with E-state index in [2.05, 4.69) is 4.72 Å². The maximum Gasteiger partial charge on any atom is 0.261 e. The summed E-state index contributed by atoms with van der Waals surface area (Å²) >= 11 is 0. The monoisotopic (exact) mass is 344 g/mol. The fourth-order valence-electron chi connectivity index (χ4n) is 2.92. The minimum absolute atomic E-state index is 0.117. The molecular formula is C18H20N2O3S. The van der Waals surface area contributed by atoms with Crippen LogP contribution in [0.4, 0.5) is 11.4 Å². The topological polar surface area (TPSA) is 66.5 Å². The van der Waals surface area contributed by atoms with Crippen molar-refractivity contribution in [3.8, 4) is 0 Å². The number of carbonyl (C=O) groups is 1. The minimum Gasteiger partial charge on any atom is -0.312 e. The highest BCUT2D eigenvalue weighted by Crippen LogP contribution is 2.28.